The van der Waals surface area contributed by atoms with Crippen molar-refractivity contribution in [2.24, 2.45) is 0 Å². The predicted octanol–water partition coefficient (Wildman–Crippen LogP) is 3.87. The largest absolute Gasteiger partial charge is 0.462 e. The number of thioether (sulfide) groups is 2. The van der Waals surface area contributed by atoms with Gasteiger partial charge in [0.1, 0.15) is 5.00 Å². The molecule has 0 bridgehead atoms. The van der Waals surface area contributed by atoms with Gasteiger partial charge in [-0.05, 0) is 43.9 Å². The fourth-order valence-electron chi connectivity index (χ4n) is 3.20. The van der Waals surface area contributed by atoms with E-state index in [1.807, 2.05) is 6.92 Å². The second-order valence-corrected chi connectivity index (χ2v) is 9.99. The van der Waals surface area contributed by atoms with Crippen LogP contribution in [0.25, 0.3) is 0 Å². The normalized spacial score (nSPS) is 13.0. The zero-order valence-corrected chi connectivity index (χ0v) is 19.5. The number of ether oxygens (including phenoxy) is 1. The van der Waals surface area contributed by atoms with Gasteiger partial charge in [0.25, 0.3) is 5.56 Å². The molecule has 0 aromatic carbocycles. The molecule has 10 heteroatoms. The van der Waals surface area contributed by atoms with Crippen molar-refractivity contribution in [3.05, 3.63) is 38.1 Å². The van der Waals surface area contributed by atoms with E-state index in [1.165, 1.54) is 29.2 Å². The first kappa shape index (κ1) is 22.9. The van der Waals surface area contributed by atoms with Crippen molar-refractivity contribution in [3.63, 3.8) is 0 Å². The number of thiophene rings is 1. The molecule has 3 rings (SSSR count). The lowest BCUT2D eigenvalue weighted by atomic mass is 9.95. The van der Waals surface area contributed by atoms with Crippen LogP contribution in [0.2, 0.25) is 0 Å². The van der Waals surface area contributed by atoms with E-state index >= 15 is 0 Å². The average molecular weight is 468 g/mol. The Kier molecular flexibility index (Phi) is 8.41. The van der Waals surface area contributed by atoms with Crippen molar-refractivity contribution in [3.8, 4) is 0 Å². The minimum atomic E-state index is -0.382. The van der Waals surface area contributed by atoms with Crippen LogP contribution in [-0.4, -0.2) is 40.0 Å². The maximum absolute atomic E-state index is 12.6. The highest BCUT2D eigenvalue weighted by Gasteiger charge is 2.27. The van der Waals surface area contributed by atoms with Crippen LogP contribution in [0.15, 0.2) is 16.0 Å². The van der Waals surface area contributed by atoms with Gasteiger partial charge >= 0.3 is 5.97 Å². The van der Waals surface area contributed by atoms with Gasteiger partial charge in [-0.1, -0.05) is 18.7 Å². The number of nitrogens with one attached hydrogen (secondary N) is 2. The highest BCUT2D eigenvalue weighted by Crippen LogP contribution is 2.38. The number of nitrogens with zero attached hydrogens (tertiary/aromatic N) is 1. The lowest BCUT2D eigenvalue weighted by Crippen LogP contribution is -2.18. The number of H-pyrrole nitrogens is 1. The molecule has 0 atom stereocenters. The number of aryl methyl sites for hydroxylation is 1. The van der Waals surface area contributed by atoms with Crippen LogP contribution in [0.1, 0.15) is 53.2 Å². The van der Waals surface area contributed by atoms with Gasteiger partial charge in [0.05, 0.1) is 23.6 Å². The summed E-state index contributed by atoms with van der Waals surface area (Å²) < 4.78 is 5.22. The predicted molar refractivity (Wildman–Crippen MR) is 123 cm³/mol. The molecule has 2 aromatic rings. The van der Waals surface area contributed by atoms with E-state index in [2.05, 4.69) is 15.3 Å². The summed E-state index contributed by atoms with van der Waals surface area (Å²) in [6.45, 7) is 4.11. The van der Waals surface area contributed by atoms with E-state index in [0.29, 0.717) is 33.8 Å². The van der Waals surface area contributed by atoms with Crippen LogP contribution in [0.4, 0.5) is 5.00 Å². The van der Waals surface area contributed by atoms with E-state index in [4.69, 9.17) is 4.74 Å². The van der Waals surface area contributed by atoms with Crippen LogP contribution in [0, 0.1) is 0 Å². The van der Waals surface area contributed by atoms with Crippen LogP contribution in [0.5, 0.6) is 0 Å². The molecule has 0 saturated heterocycles. The van der Waals surface area contributed by atoms with E-state index in [1.54, 1.807) is 18.7 Å². The molecule has 0 unspecified atom stereocenters. The summed E-state index contributed by atoms with van der Waals surface area (Å²) in [5, 5.41) is 3.85. The fourth-order valence-corrected chi connectivity index (χ4v) is 5.75. The molecule has 2 heterocycles. The monoisotopic (exact) mass is 467 g/mol. The Morgan fingerprint density at radius 2 is 2.10 bits per heavy atom. The van der Waals surface area contributed by atoms with E-state index < -0.39 is 0 Å². The molecule has 1 aliphatic carbocycles. The van der Waals surface area contributed by atoms with E-state index in [0.717, 1.165) is 41.9 Å². The zero-order chi connectivity index (χ0) is 21.5. The van der Waals surface area contributed by atoms with Crippen molar-refractivity contribution in [2.45, 2.75) is 50.4 Å². The number of aromatic amines is 1. The topological polar surface area (TPSA) is 101 Å². The number of hydrogen-bond donors (Lipinski definition) is 2. The van der Waals surface area contributed by atoms with Crippen LogP contribution < -0.4 is 10.9 Å². The molecule has 1 aliphatic rings. The Morgan fingerprint density at radius 1 is 1.30 bits per heavy atom. The molecule has 0 fully saturated rings. The third kappa shape index (κ3) is 5.89. The first-order chi connectivity index (χ1) is 14.5. The lowest BCUT2D eigenvalue weighted by Gasteiger charge is -2.12. The van der Waals surface area contributed by atoms with Gasteiger partial charge in [0.2, 0.25) is 5.91 Å². The fraction of sp³-hybridized carbons (Fsp3) is 0.500. The maximum atomic E-state index is 12.6. The van der Waals surface area contributed by atoms with Crippen LogP contribution in [-0.2, 0) is 28.1 Å². The highest BCUT2D eigenvalue weighted by atomic mass is 32.2. The Morgan fingerprint density at radius 3 is 2.87 bits per heavy atom. The minimum Gasteiger partial charge on any atom is -0.462 e. The van der Waals surface area contributed by atoms with Gasteiger partial charge in [0.15, 0.2) is 5.16 Å². The number of esters is 1. The Bertz CT molecular complexity index is 971. The van der Waals surface area contributed by atoms with Crippen molar-refractivity contribution in [2.75, 3.05) is 23.4 Å². The molecule has 2 aromatic heterocycles. The molecule has 0 radical (unpaired) electrons. The smallest absolute Gasteiger partial charge is 0.341 e. The summed E-state index contributed by atoms with van der Waals surface area (Å²) in [6.07, 6.45) is 3.87. The summed E-state index contributed by atoms with van der Waals surface area (Å²) in [5.41, 5.74) is 1.99. The molecule has 30 heavy (non-hydrogen) atoms. The van der Waals surface area contributed by atoms with Crippen LogP contribution in [0.3, 0.4) is 0 Å². The van der Waals surface area contributed by atoms with Gasteiger partial charge in [-0.15, -0.1) is 11.3 Å². The molecular formula is C20H25N3O4S3. The third-order valence-electron chi connectivity index (χ3n) is 4.47. The quantitative estimate of drug-likeness (QED) is 0.328. The van der Waals surface area contributed by atoms with Gasteiger partial charge < -0.3 is 15.0 Å². The average Bonchev–Trinajstić information content (AvgIpc) is 3.08. The summed E-state index contributed by atoms with van der Waals surface area (Å²) in [5.74, 6) is 1.04. The van der Waals surface area contributed by atoms with Crippen LogP contribution >= 0.6 is 34.9 Å². The summed E-state index contributed by atoms with van der Waals surface area (Å²) in [6, 6.07) is 1.48. The van der Waals surface area contributed by atoms with Gasteiger partial charge in [-0.2, -0.15) is 11.8 Å². The minimum absolute atomic E-state index is 0.0815. The molecule has 0 spiro atoms. The van der Waals surface area contributed by atoms with Crippen molar-refractivity contribution >= 4 is 51.7 Å². The second kappa shape index (κ2) is 11.0. The molecule has 162 valence electrons. The zero-order valence-electron chi connectivity index (χ0n) is 17.0. The summed E-state index contributed by atoms with van der Waals surface area (Å²) in [4.78, 5) is 45.1. The van der Waals surface area contributed by atoms with E-state index in [-0.39, 0.29) is 23.2 Å². The number of carbonyl (C=O) groups is 2. The molecular weight excluding hydrogens is 442 g/mol. The Labute approximate surface area is 187 Å². The van der Waals surface area contributed by atoms with Crippen molar-refractivity contribution in [1.29, 1.82) is 0 Å². The number of hydrogen-bond acceptors (Lipinski definition) is 8. The number of fused-ring (bicyclic) bond motifs is 1. The summed E-state index contributed by atoms with van der Waals surface area (Å²) >= 11 is 4.31. The first-order valence-corrected chi connectivity index (χ1v) is 12.9. The Hall–Kier alpha value is -1.78. The SMILES string of the molecule is CCOC(=O)c1c(NC(=O)CSc2nc(CSCC)cc(=O)[nH]2)sc2c1CCCC2. The maximum Gasteiger partial charge on any atom is 0.341 e. The second-order valence-electron chi connectivity index (χ2n) is 6.65. The standard InChI is InChI=1S/C20H25N3O4S3/c1-3-27-19(26)17-13-7-5-6-8-14(13)30-18(17)22-16(25)11-29-20-21-12(10-28-4-2)9-15(24)23-20/h9H,3-8,10-11H2,1-2H3,(H,22,25)(H,21,23,24). The molecule has 0 aliphatic heterocycles. The van der Waals surface area contributed by atoms with Crippen molar-refractivity contribution < 1.29 is 14.3 Å². The first-order valence-electron chi connectivity index (χ1n) is 9.94. The lowest BCUT2D eigenvalue weighted by molar-refractivity contribution is -0.113. The molecule has 1 amide bonds. The number of aromatic nitrogens is 2. The Balaban J connectivity index is 1.69. The van der Waals surface area contributed by atoms with Gasteiger partial charge in [-0.3, -0.25) is 9.59 Å². The molecule has 7 nitrogen and oxygen atoms in total. The number of rotatable bonds is 9. The highest BCUT2D eigenvalue weighted by molar-refractivity contribution is 7.99. The van der Waals surface area contributed by atoms with E-state index in [9.17, 15) is 14.4 Å². The van der Waals surface area contributed by atoms with Gasteiger partial charge in [0, 0.05) is 16.7 Å². The third-order valence-corrected chi connectivity index (χ3v) is 7.46. The molecule has 0 saturated carbocycles. The summed E-state index contributed by atoms with van der Waals surface area (Å²) in [7, 11) is 0. The van der Waals surface area contributed by atoms with Crippen molar-refractivity contribution in [1.82, 2.24) is 9.97 Å². The number of amides is 1. The number of anilines is 1. The molecule has 2 N–H and O–H groups in total. The number of carbonyl (C=O) groups excluding carboxylic acids is 2. The van der Waals surface area contributed by atoms with Gasteiger partial charge in [-0.25, -0.2) is 9.78 Å².